The lowest BCUT2D eigenvalue weighted by Crippen LogP contribution is -2.46. The summed E-state index contributed by atoms with van der Waals surface area (Å²) in [4.78, 5) is 28.3. The maximum atomic E-state index is 14.4. The number of aromatic amines is 1. The lowest BCUT2D eigenvalue weighted by molar-refractivity contribution is -0.142. The number of carbonyl (C=O) groups is 2. The third-order valence-corrected chi connectivity index (χ3v) is 6.42. The second kappa shape index (κ2) is 8.49. The van der Waals surface area contributed by atoms with E-state index in [-0.39, 0.29) is 42.5 Å². The Hall–Kier alpha value is -4.29. The van der Waals surface area contributed by atoms with Gasteiger partial charge >= 0.3 is 5.97 Å². The second-order valence-electron chi connectivity index (χ2n) is 8.10. The number of amides is 1. The summed E-state index contributed by atoms with van der Waals surface area (Å²) in [5.41, 5.74) is 7.07. The average Bonchev–Trinajstić information content (AvgIpc) is 3.34. The number of ether oxygens (including phenoxy) is 2. The quantitative estimate of drug-likeness (QED) is 0.526. The Morgan fingerprint density at radius 1 is 1.29 bits per heavy atom. The van der Waals surface area contributed by atoms with Gasteiger partial charge in [-0.1, -0.05) is 41.9 Å². The molecular formula is C25H20ClN5O4. The highest BCUT2D eigenvalue weighted by molar-refractivity contribution is 6.30. The summed E-state index contributed by atoms with van der Waals surface area (Å²) in [5, 5.41) is 17.7. The molecule has 0 bridgehead atoms. The molecule has 10 heteroatoms. The van der Waals surface area contributed by atoms with E-state index >= 15 is 0 Å². The summed E-state index contributed by atoms with van der Waals surface area (Å²) < 4.78 is 10.7. The number of fused-ring (bicyclic) bond motifs is 4. The SMILES string of the molecule is CCOC(=O)Cc1[nH]nc2c1C1(C(=O)N(Cc3ccc(Cl)cc3)c3ccccc31)C(C#N)=C(N)O2. The highest BCUT2D eigenvalue weighted by Gasteiger charge is 2.61. The zero-order valence-electron chi connectivity index (χ0n) is 18.7. The highest BCUT2D eigenvalue weighted by atomic mass is 35.5. The molecule has 2 aliphatic heterocycles. The van der Waals surface area contributed by atoms with Crippen molar-refractivity contribution >= 4 is 29.2 Å². The fraction of sp³-hybridized carbons (Fsp3) is 0.200. The number of nitrogens with zero attached hydrogens (tertiary/aromatic N) is 3. The standard InChI is InChI=1S/C25H20ClN5O4/c1-2-34-20(32)11-18-21-23(30-29-18)35-22(28)17(12-27)25(21)16-5-3-4-6-19(16)31(24(25)33)13-14-7-9-15(26)10-8-14/h3-10H,2,11,13,28H2,1H3,(H,29,30). The maximum absolute atomic E-state index is 14.4. The third-order valence-electron chi connectivity index (χ3n) is 6.17. The predicted octanol–water partition coefficient (Wildman–Crippen LogP) is 3.09. The van der Waals surface area contributed by atoms with Crippen molar-refractivity contribution in [3.05, 3.63) is 87.4 Å². The number of hydrogen-bond donors (Lipinski definition) is 2. The Labute approximate surface area is 205 Å². The first-order valence-corrected chi connectivity index (χ1v) is 11.3. The van der Waals surface area contributed by atoms with Crippen LogP contribution in [0.5, 0.6) is 5.88 Å². The van der Waals surface area contributed by atoms with Crippen molar-refractivity contribution in [2.24, 2.45) is 5.73 Å². The van der Waals surface area contributed by atoms with Crippen LogP contribution >= 0.6 is 11.6 Å². The average molecular weight is 490 g/mol. The second-order valence-corrected chi connectivity index (χ2v) is 8.54. The number of nitrogens with one attached hydrogen (secondary N) is 1. The molecule has 1 amide bonds. The van der Waals surface area contributed by atoms with Crippen LogP contribution in [0.15, 0.2) is 60.0 Å². The summed E-state index contributed by atoms with van der Waals surface area (Å²) >= 11 is 6.04. The first kappa shape index (κ1) is 22.5. The molecule has 0 saturated carbocycles. The van der Waals surface area contributed by atoms with Gasteiger partial charge in [0.05, 0.1) is 30.8 Å². The first-order valence-electron chi connectivity index (χ1n) is 10.9. The fourth-order valence-corrected chi connectivity index (χ4v) is 4.90. The van der Waals surface area contributed by atoms with E-state index in [1.54, 1.807) is 36.1 Å². The van der Waals surface area contributed by atoms with E-state index in [9.17, 15) is 14.9 Å². The summed E-state index contributed by atoms with van der Waals surface area (Å²) in [5.74, 6) is -1.08. The van der Waals surface area contributed by atoms with Gasteiger partial charge in [0.25, 0.3) is 0 Å². The van der Waals surface area contributed by atoms with Gasteiger partial charge in [0.2, 0.25) is 17.7 Å². The largest absolute Gasteiger partial charge is 0.466 e. The maximum Gasteiger partial charge on any atom is 0.311 e. The molecule has 3 heterocycles. The monoisotopic (exact) mass is 489 g/mol. The number of aromatic nitrogens is 2. The topological polar surface area (TPSA) is 134 Å². The number of nitrogens with two attached hydrogens (primary N) is 1. The Balaban J connectivity index is 1.73. The van der Waals surface area contributed by atoms with Gasteiger partial charge in [-0.25, -0.2) is 0 Å². The van der Waals surface area contributed by atoms with Crippen molar-refractivity contribution in [2.75, 3.05) is 11.5 Å². The number of para-hydroxylation sites is 1. The molecular weight excluding hydrogens is 470 g/mol. The molecule has 1 unspecified atom stereocenters. The van der Waals surface area contributed by atoms with E-state index in [1.165, 1.54) is 0 Å². The minimum Gasteiger partial charge on any atom is -0.466 e. The smallest absolute Gasteiger partial charge is 0.311 e. The molecule has 2 aliphatic rings. The summed E-state index contributed by atoms with van der Waals surface area (Å²) in [6, 6.07) is 16.4. The van der Waals surface area contributed by atoms with Crippen molar-refractivity contribution in [3.8, 4) is 11.9 Å². The van der Waals surface area contributed by atoms with Crippen molar-refractivity contribution in [3.63, 3.8) is 0 Å². The number of halogens is 1. The van der Waals surface area contributed by atoms with Crippen molar-refractivity contribution in [1.29, 1.82) is 5.26 Å². The van der Waals surface area contributed by atoms with E-state index in [2.05, 4.69) is 16.3 Å². The van der Waals surface area contributed by atoms with Crippen LogP contribution in [0.3, 0.4) is 0 Å². The minimum absolute atomic E-state index is 0.0392. The van der Waals surface area contributed by atoms with Crippen LogP contribution in [-0.4, -0.2) is 28.7 Å². The van der Waals surface area contributed by atoms with Gasteiger partial charge in [-0.3, -0.25) is 14.7 Å². The van der Waals surface area contributed by atoms with Gasteiger partial charge < -0.3 is 20.1 Å². The van der Waals surface area contributed by atoms with E-state index in [0.717, 1.165) is 5.56 Å². The molecule has 0 radical (unpaired) electrons. The number of H-pyrrole nitrogens is 1. The Kier molecular flexibility index (Phi) is 5.46. The van der Waals surface area contributed by atoms with Gasteiger partial charge in [-0.05, 0) is 30.7 Å². The summed E-state index contributed by atoms with van der Waals surface area (Å²) in [6.07, 6.45) is -0.188. The Morgan fingerprint density at radius 3 is 2.74 bits per heavy atom. The van der Waals surface area contributed by atoms with E-state index in [1.807, 2.05) is 24.3 Å². The fourth-order valence-electron chi connectivity index (χ4n) is 4.77. The van der Waals surface area contributed by atoms with Crippen LogP contribution in [0.25, 0.3) is 0 Å². The summed E-state index contributed by atoms with van der Waals surface area (Å²) in [6.45, 7) is 2.13. The van der Waals surface area contributed by atoms with Gasteiger partial charge in [0.15, 0.2) is 0 Å². The predicted molar refractivity (Wildman–Crippen MR) is 126 cm³/mol. The number of anilines is 1. The van der Waals surface area contributed by atoms with Crippen LogP contribution in [0.4, 0.5) is 5.69 Å². The molecule has 9 nitrogen and oxygen atoms in total. The van der Waals surface area contributed by atoms with Gasteiger partial charge in [0.1, 0.15) is 17.1 Å². The zero-order valence-corrected chi connectivity index (χ0v) is 19.4. The number of hydrogen-bond acceptors (Lipinski definition) is 7. The lowest BCUT2D eigenvalue weighted by Gasteiger charge is -2.32. The van der Waals surface area contributed by atoms with E-state index in [4.69, 9.17) is 26.8 Å². The Bertz CT molecular complexity index is 1420. The van der Waals surface area contributed by atoms with E-state index in [0.29, 0.717) is 22.0 Å². The molecule has 3 aromatic rings. The number of nitriles is 1. The molecule has 176 valence electrons. The van der Waals surface area contributed by atoms with Gasteiger partial charge in [-0.15, -0.1) is 5.10 Å². The number of rotatable bonds is 5. The molecule has 2 aromatic carbocycles. The van der Waals surface area contributed by atoms with Crippen molar-refractivity contribution in [1.82, 2.24) is 10.2 Å². The van der Waals surface area contributed by atoms with Crippen molar-refractivity contribution in [2.45, 2.75) is 25.3 Å². The van der Waals surface area contributed by atoms with Crippen LogP contribution in [0.1, 0.15) is 29.3 Å². The number of benzene rings is 2. The van der Waals surface area contributed by atoms with E-state index < -0.39 is 17.3 Å². The minimum atomic E-state index is -1.63. The zero-order chi connectivity index (χ0) is 24.7. The molecule has 0 aliphatic carbocycles. The summed E-state index contributed by atoms with van der Waals surface area (Å²) in [7, 11) is 0. The molecule has 35 heavy (non-hydrogen) atoms. The number of carbonyl (C=O) groups excluding carboxylic acids is 2. The van der Waals surface area contributed by atoms with Gasteiger partial charge in [0, 0.05) is 16.3 Å². The van der Waals surface area contributed by atoms with Crippen LogP contribution in [0, 0.1) is 11.3 Å². The normalized spacial score (nSPS) is 18.2. The molecule has 1 aromatic heterocycles. The third kappa shape index (κ3) is 3.33. The van der Waals surface area contributed by atoms with Gasteiger partial charge in [-0.2, -0.15) is 5.26 Å². The lowest BCUT2D eigenvalue weighted by atomic mass is 9.68. The highest BCUT2D eigenvalue weighted by Crippen LogP contribution is 2.56. The molecule has 0 fully saturated rings. The van der Waals surface area contributed by atoms with Crippen LogP contribution in [-0.2, 0) is 32.7 Å². The number of esters is 1. The molecule has 1 atom stereocenters. The molecule has 1 spiro atoms. The molecule has 3 N–H and O–H groups in total. The van der Waals surface area contributed by atoms with Crippen molar-refractivity contribution < 1.29 is 19.1 Å². The Morgan fingerprint density at radius 2 is 2.03 bits per heavy atom. The van der Waals surface area contributed by atoms with Crippen LogP contribution < -0.4 is 15.4 Å². The first-order chi connectivity index (χ1) is 16.9. The van der Waals surface area contributed by atoms with Crippen LogP contribution in [0.2, 0.25) is 5.02 Å². The molecule has 0 saturated heterocycles. The molecule has 5 rings (SSSR count).